The highest BCUT2D eigenvalue weighted by atomic mass is 16.3. The molecule has 5 rings (SSSR count). The summed E-state index contributed by atoms with van der Waals surface area (Å²) >= 11 is 0. The van der Waals surface area contributed by atoms with E-state index in [0.29, 0.717) is 36.9 Å². The quantitative estimate of drug-likeness (QED) is 0.791. The van der Waals surface area contributed by atoms with Crippen molar-refractivity contribution in [2.75, 3.05) is 32.7 Å². The van der Waals surface area contributed by atoms with E-state index in [9.17, 15) is 14.4 Å². The van der Waals surface area contributed by atoms with Gasteiger partial charge < -0.3 is 19.5 Å². The van der Waals surface area contributed by atoms with Crippen LogP contribution in [0, 0.1) is 17.3 Å². The number of nitrogens with one attached hydrogen (secondary N) is 1. The van der Waals surface area contributed by atoms with Crippen molar-refractivity contribution in [1.82, 2.24) is 20.1 Å². The second-order valence-electron chi connectivity index (χ2n) is 9.60. The average Bonchev–Trinajstić information content (AvgIpc) is 3.28. The van der Waals surface area contributed by atoms with Gasteiger partial charge in [0.05, 0.1) is 6.20 Å². The van der Waals surface area contributed by atoms with Gasteiger partial charge in [0.25, 0.3) is 5.91 Å². The minimum Gasteiger partial charge on any atom is -0.449 e. The largest absolute Gasteiger partial charge is 0.449 e. The van der Waals surface area contributed by atoms with Crippen LogP contribution in [0.3, 0.4) is 0 Å². The molecule has 8 heteroatoms. The van der Waals surface area contributed by atoms with E-state index >= 15 is 0 Å². The minimum absolute atomic E-state index is 0.0490. The van der Waals surface area contributed by atoms with E-state index in [0.717, 1.165) is 50.6 Å². The number of hydrogen-bond donors (Lipinski definition) is 1. The molecule has 1 spiro atoms. The number of amides is 3. The van der Waals surface area contributed by atoms with Crippen LogP contribution in [-0.2, 0) is 9.59 Å². The van der Waals surface area contributed by atoms with Crippen molar-refractivity contribution in [2.24, 2.45) is 17.3 Å². The predicted octanol–water partition coefficient (Wildman–Crippen LogP) is 2.44. The molecule has 2 aromatic rings. The smallest absolute Gasteiger partial charge is 0.287 e. The average molecular weight is 439 g/mol. The number of carbonyl (C=O) groups excluding carboxylic acids is 3. The van der Waals surface area contributed by atoms with Crippen molar-refractivity contribution in [2.45, 2.75) is 39.0 Å². The SMILES string of the molecule is CC(=O)N1CCC(C(=O)N2CCC3(CC2)CC3CNC(=O)c2cc3ccncc3o2)CC1. The van der Waals surface area contributed by atoms with E-state index in [-0.39, 0.29) is 29.1 Å². The van der Waals surface area contributed by atoms with E-state index in [1.54, 1.807) is 25.4 Å². The maximum absolute atomic E-state index is 12.9. The van der Waals surface area contributed by atoms with Crippen LogP contribution in [0.2, 0.25) is 0 Å². The summed E-state index contributed by atoms with van der Waals surface area (Å²) in [5.41, 5.74) is 0.879. The molecule has 3 amide bonds. The predicted molar refractivity (Wildman–Crippen MR) is 118 cm³/mol. The number of nitrogens with zero attached hydrogens (tertiary/aromatic N) is 3. The fourth-order valence-electron chi connectivity index (χ4n) is 5.50. The third kappa shape index (κ3) is 3.98. The monoisotopic (exact) mass is 438 g/mol. The zero-order valence-corrected chi connectivity index (χ0v) is 18.5. The number of fused-ring (bicyclic) bond motifs is 1. The molecule has 32 heavy (non-hydrogen) atoms. The van der Waals surface area contributed by atoms with Crippen LogP contribution in [-0.4, -0.2) is 65.2 Å². The first kappa shape index (κ1) is 21.0. The van der Waals surface area contributed by atoms with Crippen LogP contribution >= 0.6 is 0 Å². The first-order valence-corrected chi connectivity index (χ1v) is 11.6. The highest BCUT2D eigenvalue weighted by Gasteiger charge is 2.55. The molecule has 2 aromatic heterocycles. The molecular weight excluding hydrogens is 408 g/mol. The van der Waals surface area contributed by atoms with Gasteiger partial charge in [0.15, 0.2) is 11.3 Å². The van der Waals surface area contributed by atoms with Crippen molar-refractivity contribution in [3.63, 3.8) is 0 Å². The zero-order valence-electron chi connectivity index (χ0n) is 18.5. The van der Waals surface area contributed by atoms with Crippen molar-refractivity contribution < 1.29 is 18.8 Å². The Hall–Kier alpha value is -2.90. The van der Waals surface area contributed by atoms with E-state index in [4.69, 9.17) is 4.42 Å². The van der Waals surface area contributed by atoms with Gasteiger partial charge in [0.1, 0.15) is 0 Å². The number of furan rings is 1. The maximum Gasteiger partial charge on any atom is 0.287 e. The van der Waals surface area contributed by atoms with Crippen LogP contribution in [0.5, 0.6) is 0 Å². The van der Waals surface area contributed by atoms with Gasteiger partial charge in [-0.25, -0.2) is 0 Å². The number of likely N-dealkylation sites (tertiary alicyclic amines) is 2. The highest BCUT2D eigenvalue weighted by molar-refractivity contribution is 5.95. The van der Waals surface area contributed by atoms with Gasteiger partial charge >= 0.3 is 0 Å². The Balaban J connectivity index is 1.08. The molecule has 0 aromatic carbocycles. The van der Waals surface area contributed by atoms with Gasteiger partial charge in [-0.15, -0.1) is 0 Å². The molecule has 0 bridgehead atoms. The lowest BCUT2D eigenvalue weighted by Gasteiger charge is -2.37. The van der Waals surface area contributed by atoms with E-state index in [1.165, 1.54) is 0 Å². The lowest BCUT2D eigenvalue weighted by Crippen LogP contribution is -2.46. The Morgan fingerprint density at radius 1 is 1.16 bits per heavy atom. The summed E-state index contributed by atoms with van der Waals surface area (Å²) in [6.07, 6.45) is 7.95. The maximum atomic E-state index is 12.9. The Morgan fingerprint density at radius 3 is 2.59 bits per heavy atom. The minimum atomic E-state index is -0.187. The van der Waals surface area contributed by atoms with E-state index < -0.39 is 0 Å². The summed E-state index contributed by atoms with van der Waals surface area (Å²) in [5, 5.41) is 3.90. The molecule has 8 nitrogen and oxygen atoms in total. The molecule has 4 heterocycles. The molecule has 170 valence electrons. The Labute approximate surface area is 187 Å². The lowest BCUT2D eigenvalue weighted by molar-refractivity contribution is -0.141. The summed E-state index contributed by atoms with van der Waals surface area (Å²) in [6.45, 7) is 5.21. The fraction of sp³-hybridized carbons (Fsp3) is 0.583. The zero-order chi connectivity index (χ0) is 22.3. The van der Waals surface area contributed by atoms with Crippen LogP contribution in [0.4, 0.5) is 0 Å². The third-order valence-corrected chi connectivity index (χ3v) is 7.78. The molecular formula is C24H30N4O4. The third-order valence-electron chi connectivity index (χ3n) is 7.78. The highest BCUT2D eigenvalue weighted by Crippen LogP contribution is 2.59. The van der Waals surface area contributed by atoms with Crippen molar-refractivity contribution in [3.8, 4) is 0 Å². The summed E-state index contributed by atoms with van der Waals surface area (Å²) in [5.74, 6) is 1.00. The molecule has 2 saturated heterocycles. The molecule has 1 atom stereocenters. The first-order valence-electron chi connectivity index (χ1n) is 11.6. The number of rotatable bonds is 4. The van der Waals surface area contributed by atoms with Gasteiger partial charge in [-0.3, -0.25) is 19.4 Å². The van der Waals surface area contributed by atoms with Gasteiger partial charge in [0, 0.05) is 57.1 Å². The molecule has 0 radical (unpaired) electrons. The molecule has 1 aliphatic carbocycles. The second kappa shape index (κ2) is 8.22. The van der Waals surface area contributed by atoms with Crippen molar-refractivity contribution in [3.05, 3.63) is 30.3 Å². The molecule has 1 saturated carbocycles. The van der Waals surface area contributed by atoms with Crippen molar-refractivity contribution in [1.29, 1.82) is 0 Å². The van der Waals surface area contributed by atoms with E-state index in [1.807, 2.05) is 15.9 Å². The normalized spacial score (nSPS) is 22.8. The number of aromatic nitrogens is 1. The molecule has 3 aliphatic rings. The van der Waals surface area contributed by atoms with Crippen molar-refractivity contribution >= 4 is 28.7 Å². The Bertz CT molecular complexity index is 999. The van der Waals surface area contributed by atoms with Gasteiger partial charge in [-0.2, -0.15) is 0 Å². The summed E-state index contributed by atoms with van der Waals surface area (Å²) in [7, 11) is 0. The van der Waals surface area contributed by atoms with Crippen LogP contribution < -0.4 is 5.32 Å². The van der Waals surface area contributed by atoms with Gasteiger partial charge in [0.2, 0.25) is 11.8 Å². The summed E-state index contributed by atoms with van der Waals surface area (Å²) in [4.78, 5) is 44.8. The van der Waals surface area contributed by atoms with Crippen LogP contribution in [0.25, 0.3) is 11.0 Å². The number of pyridine rings is 1. The number of piperidine rings is 2. The Kier molecular flexibility index (Phi) is 5.39. The number of hydrogen-bond acceptors (Lipinski definition) is 5. The first-order chi connectivity index (χ1) is 15.4. The van der Waals surface area contributed by atoms with Gasteiger partial charge in [-0.05, 0) is 55.6 Å². The fourth-order valence-corrected chi connectivity index (χ4v) is 5.50. The number of carbonyl (C=O) groups is 3. The van der Waals surface area contributed by atoms with Gasteiger partial charge in [-0.1, -0.05) is 0 Å². The van der Waals surface area contributed by atoms with E-state index in [2.05, 4.69) is 10.3 Å². The molecule has 2 aliphatic heterocycles. The second-order valence-corrected chi connectivity index (χ2v) is 9.60. The summed E-state index contributed by atoms with van der Waals surface area (Å²) in [6, 6.07) is 3.58. The molecule has 1 N–H and O–H groups in total. The molecule has 3 fully saturated rings. The molecule has 1 unspecified atom stereocenters. The standard InChI is InChI=1S/C24H30N4O4/c1-16(29)27-8-3-17(4-9-27)23(31)28-10-5-24(6-11-28)13-19(24)14-26-22(30)20-12-18-2-7-25-15-21(18)32-20/h2,7,12,15,17,19H,3-6,8-11,13-14H2,1H3,(H,26,30). The van der Waals surface area contributed by atoms with Crippen LogP contribution in [0.15, 0.2) is 28.9 Å². The van der Waals surface area contributed by atoms with Crippen LogP contribution in [0.1, 0.15) is 49.6 Å². The topological polar surface area (TPSA) is 95.8 Å². The summed E-state index contributed by atoms with van der Waals surface area (Å²) < 4.78 is 5.60. The Morgan fingerprint density at radius 2 is 1.91 bits per heavy atom. The lowest BCUT2D eigenvalue weighted by atomic mass is 9.88.